The maximum absolute atomic E-state index is 11.9. The van der Waals surface area contributed by atoms with Crippen molar-refractivity contribution in [3.8, 4) is 6.07 Å². The highest BCUT2D eigenvalue weighted by Crippen LogP contribution is 2.14. The van der Waals surface area contributed by atoms with E-state index in [9.17, 15) is 4.79 Å². The molecule has 0 aliphatic rings. The second-order valence-corrected chi connectivity index (χ2v) is 4.02. The first-order valence-corrected chi connectivity index (χ1v) is 5.68. The number of nitrogens with zero attached hydrogens (tertiary/aromatic N) is 4. The van der Waals surface area contributed by atoms with Gasteiger partial charge in [0.15, 0.2) is 5.78 Å². The summed E-state index contributed by atoms with van der Waals surface area (Å²) in [5.74, 6) is -0.372. The van der Waals surface area contributed by atoms with Crippen molar-refractivity contribution < 1.29 is 4.79 Å². The maximum Gasteiger partial charge on any atom is 0.163 e. The van der Waals surface area contributed by atoms with Gasteiger partial charge in [-0.25, -0.2) is 0 Å². The first-order chi connectivity index (χ1) is 8.69. The standard InChI is InChI=1S/C13H14N4O/c1-10-4-2-3-5-12(10)13(18)7-6-11(8-14)9-16-17-15/h2-5,11H,6-7,9H2,1H3. The molecule has 0 aliphatic carbocycles. The van der Waals surface area contributed by atoms with Crippen molar-refractivity contribution in [3.05, 3.63) is 45.8 Å². The molecule has 92 valence electrons. The number of carbonyl (C=O) groups excluding carboxylic acids is 1. The lowest BCUT2D eigenvalue weighted by Crippen LogP contribution is -2.07. The zero-order chi connectivity index (χ0) is 13.4. The molecule has 0 bridgehead atoms. The molecule has 1 atom stereocenters. The van der Waals surface area contributed by atoms with Crippen molar-refractivity contribution in [2.75, 3.05) is 6.54 Å². The Morgan fingerprint density at radius 1 is 1.56 bits per heavy atom. The minimum atomic E-state index is -0.395. The number of rotatable bonds is 6. The Hall–Kier alpha value is -2.31. The van der Waals surface area contributed by atoms with Crippen molar-refractivity contribution in [2.24, 2.45) is 11.0 Å². The number of carbonyl (C=O) groups is 1. The van der Waals surface area contributed by atoms with Crippen LogP contribution >= 0.6 is 0 Å². The van der Waals surface area contributed by atoms with Gasteiger partial charge in [-0.15, -0.1) is 0 Å². The Kier molecular flexibility index (Phi) is 5.43. The molecule has 0 radical (unpaired) electrons. The van der Waals surface area contributed by atoms with Crippen molar-refractivity contribution in [1.82, 2.24) is 0 Å². The zero-order valence-electron chi connectivity index (χ0n) is 10.2. The molecule has 1 aromatic carbocycles. The lowest BCUT2D eigenvalue weighted by molar-refractivity contribution is 0.0976. The third-order valence-corrected chi connectivity index (χ3v) is 2.71. The first-order valence-electron chi connectivity index (χ1n) is 5.68. The maximum atomic E-state index is 11.9. The molecule has 0 N–H and O–H groups in total. The number of nitriles is 1. The summed E-state index contributed by atoms with van der Waals surface area (Å²) < 4.78 is 0. The summed E-state index contributed by atoms with van der Waals surface area (Å²) in [5, 5.41) is 12.2. The Bertz CT molecular complexity index is 512. The van der Waals surface area contributed by atoms with Gasteiger partial charge in [0.2, 0.25) is 0 Å². The van der Waals surface area contributed by atoms with Crippen LogP contribution in [0.5, 0.6) is 0 Å². The van der Waals surface area contributed by atoms with Crippen molar-refractivity contribution in [1.29, 1.82) is 5.26 Å². The second-order valence-electron chi connectivity index (χ2n) is 4.02. The van der Waals surface area contributed by atoms with Crippen LogP contribution in [0.25, 0.3) is 10.4 Å². The van der Waals surface area contributed by atoms with Crippen molar-refractivity contribution >= 4 is 5.78 Å². The molecule has 0 heterocycles. The summed E-state index contributed by atoms with van der Waals surface area (Å²) in [5.41, 5.74) is 9.81. The average Bonchev–Trinajstić information content (AvgIpc) is 2.39. The Morgan fingerprint density at radius 3 is 2.89 bits per heavy atom. The van der Waals surface area contributed by atoms with Crippen LogP contribution in [0.3, 0.4) is 0 Å². The second kappa shape index (κ2) is 7.10. The summed E-state index contributed by atoms with van der Waals surface area (Å²) in [6, 6.07) is 9.41. The van der Waals surface area contributed by atoms with Gasteiger partial charge in [-0.3, -0.25) is 4.79 Å². The highest BCUT2D eigenvalue weighted by molar-refractivity contribution is 5.97. The van der Waals surface area contributed by atoms with E-state index in [1.54, 1.807) is 6.07 Å². The van der Waals surface area contributed by atoms with Crippen LogP contribution in [0.4, 0.5) is 0 Å². The fraction of sp³-hybridized carbons (Fsp3) is 0.385. The van der Waals surface area contributed by atoms with Crippen LogP contribution in [0, 0.1) is 24.2 Å². The molecule has 0 saturated carbocycles. The minimum absolute atomic E-state index is 0.0225. The summed E-state index contributed by atoms with van der Waals surface area (Å²) in [6.45, 7) is 2.00. The van der Waals surface area contributed by atoms with Gasteiger partial charge >= 0.3 is 0 Å². The highest BCUT2D eigenvalue weighted by atomic mass is 16.1. The number of aryl methyl sites for hydroxylation is 1. The molecule has 18 heavy (non-hydrogen) atoms. The van der Waals surface area contributed by atoms with Gasteiger partial charge in [0.25, 0.3) is 0 Å². The van der Waals surface area contributed by atoms with Crippen molar-refractivity contribution in [3.63, 3.8) is 0 Å². The summed E-state index contributed by atoms with van der Waals surface area (Å²) >= 11 is 0. The number of Topliss-reactive ketones (excluding diaryl/α,β-unsaturated/α-hetero) is 1. The molecule has 0 amide bonds. The van der Waals surface area contributed by atoms with Crippen LogP contribution in [0.15, 0.2) is 29.4 Å². The van der Waals surface area contributed by atoms with Gasteiger partial charge in [-0.05, 0) is 24.4 Å². The molecule has 0 fully saturated rings. The number of hydrogen-bond acceptors (Lipinski definition) is 3. The number of hydrogen-bond donors (Lipinski definition) is 0. The van der Waals surface area contributed by atoms with Gasteiger partial charge in [-0.2, -0.15) is 5.26 Å². The van der Waals surface area contributed by atoms with E-state index in [2.05, 4.69) is 10.0 Å². The molecule has 1 rings (SSSR count). The number of benzene rings is 1. The van der Waals surface area contributed by atoms with Crippen molar-refractivity contribution in [2.45, 2.75) is 19.8 Å². The lowest BCUT2D eigenvalue weighted by Gasteiger charge is -2.06. The fourth-order valence-electron chi connectivity index (χ4n) is 1.66. The SMILES string of the molecule is Cc1ccccc1C(=O)CCC(C#N)CN=[N+]=[N-]. The molecule has 0 spiro atoms. The largest absolute Gasteiger partial charge is 0.294 e. The van der Waals surface area contributed by atoms with Gasteiger partial charge in [0.1, 0.15) is 0 Å². The predicted molar refractivity (Wildman–Crippen MR) is 67.9 cm³/mol. The van der Waals surface area contributed by atoms with Gasteiger partial charge in [0, 0.05) is 23.4 Å². The topological polar surface area (TPSA) is 89.6 Å². The van der Waals surface area contributed by atoms with E-state index >= 15 is 0 Å². The van der Waals surface area contributed by atoms with Crippen LogP contribution in [0.2, 0.25) is 0 Å². The fourth-order valence-corrected chi connectivity index (χ4v) is 1.66. The predicted octanol–water partition coefficient (Wildman–Crippen LogP) is 3.41. The molecular formula is C13H14N4O. The quantitative estimate of drug-likeness (QED) is 0.331. The Morgan fingerprint density at radius 2 is 2.28 bits per heavy atom. The average molecular weight is 242 g/mol. The Balaban J connectivity index is 2.58. The van der Waals surface area contributed by atoms with E-state index in [0.29, 0.717) is 18.4 Å². The lowest BCUT2D eigenvalue weighted by atomic mass is 9.97. The third kappa shape index (κ3) is 3.93. The zero-order valence-corrected chi connectivity index (χ0v) is 10.2. The van der Waals surface area contributed by atoms with E-state index in [0.717, 1.165) is 5.56 Å². The number of ketones is 1. The molecule has 5 heteroatoms. The van der Waals surface area contributed by atoms with E-state index in [1.807, 2.05) is 31.2 Å². The van der Waals surface area contributed by atoms with Crippen LogP contribution in [-0.4, -0.2) is 12.3 Å². The van der Waals surface area contributed by atoms with Crippen LogP contribution in [0.1, 0.15) is 28.8 Å². The smallest absolute Gasteiger partial charge is 0.163 e. The van der Waals surface area contributed by atoms with Gasteiger partial charge in [0.05, 0.1) is 12.0 Å². The van der Waals surface area contributed by atoms with Crippen LogP contribution in [-0.2, 0) is 0 Å². The third-order valence-electron chi connectivity index (χ3n) is 2.71. The van der Waals surface area contributed by atoms with Crippen LogP contribution < -0.4 is 0 Å². The summed E-state index contributed by atoms with van der Waals surface area (Å²) in [7, 11) is 0. The van der Waals surface area contributed by atoms with E-state index < -0.39 is 5.92 Å². The molecule has 1 unspecified atom stereocenters. The van der Waals surface area contributed by atoms with Gasteiger partial charge in [-0.1, -0.05) is 29.4 Å². The molecule has 5 nitrogen and oxygen atoms in total. The Labute approximate surface area is 106 Å². The molecule has 0 aliphatic heterocycles. The number of azide groups is 1. The minimum Gasteiger partial charge on any atom is -0.294 e. The van der Waals surface area contributed by atoms with E-state index in [1.165, 1.54) is 0 Å². The first kappa shape index (κ1) is 13.8. The normalized spacial score (nSPS) is 11.1. The van der Waals surface area contributed by atoms with Gasteiger partial charge < -0.3 is 0 Å². The highest BCUT2D eigenvalue weighted by Gasteiger charge is 2.12. The monoisotopic (exact) mass is 242 g/mol. The summed E-state index contributed by atoms with van der Waals surface area (Å²) in [6.07, 6.45) is 0.715. The molecule has 0 aromatic heterocycles. The molecule has 1 aromatic rings. The molecular weight excluding hydrogens is 228 g/mol. The summed E-state index contributed by atoms with van der Waals surface area (Å²) in [4.78, 5) is 14.6. The van der Waals surface area contributed by atoms with E-state index in [4.69, 9.17) is 10.8 Å². The van der Waals surface area contributed by atoms with E-state index in [-0.39, 0.29) is 12.3 Å². The molecule has 0 saturated heterocycles.